The molecule has 4 rings (SSSR count). The Morgan fingerprint density at radius 1 is 1.18 bits per heavy atom. The van der Waals surface area contributed by atoms with Gasteiger partial charge in [-0.2, -0.15) is 0 Å². The van der Waals surface area contributed by atoms with Gasteiger partial charge in [0.2, 0.25) is 0 Å². The van der Waals surface area contributed by atoms with Crippen molar-refractivity contribution in [2.45, 2.75) is 64.9 Å². The largest absolute Gasteiger partial charge is 0.494 e. The Morgan fingerprint density at radius 3 is 2.59 bits per heavy atom. The molecule has 34 heavy (non-hydrogen) atoms. The van der Waals surface area contributed by atoms with Crippen molar-refractivity contribution in [1.29, 1.82) is 0 Å². The topological polar surface area (TPSA) is 90.9 Å². The molecule has 1 heterocycles. The van der Waals surface area contributed by atoms with Gasteiger partial charge in [-0.1, -0.05) is 19.1 Å². The van der Waals surface area contributed by atoms with Crippen LogP contribution in [0.3, 0.4) is 0 Å². The van der Waals surface area contributed by atoms with E-state index in [1.54, 1.807) is 0 Å². The van der Waals surface area contributed by atoms with Crippen LogP contribution in [0.2, 0.25) is 0 Å². The van der Waals surface area contributed by atoms with Crippen LogP contribution in [-0.4, -0.2) is 37.5 Å². The number of esters is 2. The molecule has 1 aromatic rings. The summed E-state index contributed by atoms with van der Waals surface area (Å²) in [5.74, 6) is -2.40. The molecule has 1 aliphatic heterocycles. The summed E-state index contributed by atoms with van der Waals surface area (Å²) in [4.78, 5) is 39.8. The maximum absolute atomic E-state index is 13.8. The number of rotatable bonds is 6. The molecule has 7 nitrogen and oxygen atoms in total. The van der Waals surface area contributed by atoms with Crippen molar-refractivity contribution in [2.24, 2.45) is 11.8 Å². The van der Waals surface area contributed by atoms with E-state index >= 15 is 0 Å². The maximum atomic E-state index is 13.8. The first-order chi connectivity index (χ1) is 16.3. The van der Waals surface area contributed by atoms with Crippen molar-refractivity contribution in [2.75, 3.05) is 13.7 Å². The normalized spacial score (nSPS) is 25.1. The summed E-state index contributed by atoms with van der Waals surface area (Å²) in [6.07, 6.45) is 4.19. The number of carbonyl (C=O) groups is 3. The fourth-order valence-electron chi connectivity index (χ4n) is 5.46. The van der Waals surface area contributed by atoms with E-state index in [0.717, 1.165) is 36.9 Å². The van der Waals surface area contributed by atoms with Crippen LogP contribution in [-0.2, 0) is 23.9 Å². The molecule has 0 spiro atoms. The van der Waals surface area contributed by atoms with Crippen LogP contribution in [0.5, 0.6) is 5.75 Å². The molecule has 0 amide bonds. The standard InChI is InChI=1S/C27H33NO6/c1-5-33-19-12-8-9-17(14-19)23-22(27(31)34-18-10-6-7-11-18)16(3)28-20-13-15(2)21(26(30)32-4)25(29)24(20)23/h8-9,12,14-15,18,21,23,28H,5-7,10-11,13H2,1-4H3/t15-,21-,23+/m0/s1. The number of carbonyl (C=O) groups excluding carboxylic acids is 3. The van der Waals surface area contributed by atoms with Crippen LogP contribution in [0.15, 0.2) is 46.8 Å². The number of methoxy groups -OCH3 is 1. The molecule has 2 aliphatic carbocycles. The Kier molecular flexibility index (Phi) is 7.10. The van der Waals surface area contributed by atoms with Gasteiger partial charge in [-0.3, -0.25) is 9.59 Å². The predicted molar refractivity (Wildman–Crippen MR) is 126 cm³/mol. The molecular weight excluding hydrogens is 434 g/mol. The highest BCUT2D eigenvalue weighted by Gasteiger charge is 2.47. The maximum Gasteiger partial charge on any atom is 0.337 e. The number of ether oxygens (including phenoxy) is 3. The molecular formula is C27H33NO6. The van der Waals surface area contributed by atoms with Crippen molar-refractivity contribution in [3.8, 4) is 5.75 Å². The third-order valence-corrected chi connectivity index (χ3v) is 7.04. The van der Waals surface area contributed by atoms with E-state index in [2.05, 4.69) is 5.32 Å². The number of allylic oxidation sites excluding steroid dienone is 3. The van der Waals surface area contributed by atoms with Crippen LogP contribution in [0.4, 0.5) is 0 Å². The molecule has 1 saturated carbocycles. The first-order valence-electron chi connectivity index (χ1n) is 12.1. The highest BCUT2D eigenvalue weighted by molar-refractivity contribution is 6.12. The number of nitrogens with one attached hydrogen (secondary N) is 1. The quantitative estimate of drug-likeness (QED) is 0.496. The summed E-state index contributed by atoms with van der Waals surface area (Å²) in [6.45, 7) is 6.11. The minimum atomic E-state index is -0.909. The van der Waals surface area contributed by atoms with Crippen molar-refractivity contribution in [1.82, 2.24) is 5.32 Å². The van der Waals surface area contributed by atoms with Crippen molar-refractivity contribution >= 4 is 17.7 Å². The molecule has 0 unspecified atom stereocenters. The molecule has 7 heteroatoms. The average Bonchev–Trinajstić information content (AvgIpc) is 3.31. The second-order valence-electron chi connectivity index (χ2n) is 9.35. The van der Waals surface area contributed by atoms with Gasteiger partial charge in [0, 0.05) is 22.9 Å². The summed E-state index contributed by atoms with van der Waals surface area (Å²) in [5, 5.41) is 3.31. The van der Waals surface area contributed by atoms with E-state index in [1.807, 2.05) is 45.0 Å². The number of hydrogen-bond acceptors (Lipinski definition) is 7. The van der Waals surface area contributed by atoms with Crippen LogP contribution in [0.25, 0.3) is 0 Å². The third-order valence-electron chi connectivity index (χ3n) is 7.04. The van der Waals surface area contributed by atoms with Crippen LogP contribution < -0.4 is 10.1 Å². The van der Waals surface area contributed by atoms with Crippen molar-refractivity contribution in [3.63, 3.8) is 0 Å². The van der Waals surface area contributed by atoms with Gasteiger partial charge in [-0.15, -0.1) is 0 Å². The monoisotopic (exact) mass is 467 g/mol. The summed E-state index contributed by atoms with van der Waals surface area (Å²) in [5.41, 5.74) is 3.02. The van der Waals surface area contributed by atoms with E-state index in [4.69, 9.17) is 14.2 Å². The lowest BCUT2D eigenvalue weighted by atomic mass is 9.69. The van der Waals surface area contributed by atoms with E-state index in [9.17, 15) is 14.4 Å². The Bertz CT molecular complexity index is 1050. The lowest BCUT2D eigenvalue weighted by Gasteiger charge is -2.38. The van der Waals surface area contributed by atoms with Gasteiger partial charge in [0.25, 0.3) is 0 Å². The predicted octanol–water partition coefficient (Wildman–Crippen LogP) is 4.18. The number of dihydropyridines is 1. The third kappa shape index (κ3) is 4.48. The van der Waals surface area contributed by atoms with E-state index in [0.29, 0.717) is 35.6 Å². The van der Waals surface area contributed by atoms with E-state index < -0.39 is 23.8 Å². The van der Waals surface area contributed by atoms with Crippen LogP contribution in [0.1, 0.15) is 64.4 Å². The lowest BCUT2D eigenvalue weighted by molar-refractivity contribution is -0.151. The van der Waals surface area contributed by atoms with Gasteiger partial charge < -0.3 is 19.5 Å². The second-order valence-corrected chi connectivity index (χ2v) is 9.35. The Labute approximate surface area is 200 Å². The highest BCUT2D eigenvalue weighted by Crippen LogP contribution is 2.46. The molecule has 1 N–H and O–H groups in total. The lowest BCUT2D eigenvalue weighted by Crippen LogP contribution is -2.43. The van der Waals surface area contributed by atoms with Crippen molar-refractivity contribution in [3.05, 3.63) is 52.4 Å². The Balaban J connectivity index is 1.81. The molecule has 3 aliphatic rings. The molecule has 1 aromatic carbocycles. The number of ketones is 1. The Hall–Kier alpha value is -3.09. The Morgan fingerprint density at radius 2 is 1.91 bits per heavy atom. The average molecular weight is 468 g/mol. The van der Waals surface area contributed by atoms with Gasteiger partial charge >= 0.3 is 11.9 Å². The molecule has 1 fully saturated rings. The van der Waals surface area contributed by atoms with Gasteiger partial charge in [-0.05, 0) is 69.6 Å². The van der Waals surface area contributed by atoms with Crippen molar-refractivity contribution < 1.29 is 28.6 Å². The molecule has 3 atom stereocenters. The summed E-state index contributed by atoms with van der Waals surface area (Å²) >= 11 is 0. The van der Waals surface area contributed by atoms with E-state index in [-0.39, 0.29) is 17.8 Å². The molecule has 0 bridgehead atoms. The van der Waals surface area contributed by atoms with Gasteiger partial charge in [0.1, 0.15) is 17.8 Å². The minimum Gasteiger partial charge on any atom is -0.494 e. The first kappa shape index (κ1) is 24.0. The number of Topliss-reactive ketones (excluding diaryl/α,β-unsaturated/α-hetero) is 1. The summed E-state index contributed by atoms with van der Waals surface area (Å²) in [7, 11) is 1.29. The SMILES string of the molecule is CCOc1cccc([C@@H]2C(C(=O)OC3CCCC3)=C(C)NC3=C2C(=O)[C@@H](C(=O)OC)[C@@H](C)C3)c1. The fourth-order valence-corrected chi connectivity index (χ4v) is 5.46. The fraction of sp³-hybridized carbons (Fsp3) is 0.519. The zero-order valence-electron chi connectivity index (χ0n) is 20.3. The highest BCUT2D eigenvalue weighted by atomic mass is 16.5. The minimum absolute atomic E-state index is 0.108. The smallest absolute Gasteiger partial charge is 0.337 e. The summed E-state index contributed by atoms with van der Waals surface area (Å²) < 4.78 is 16.5. The zero-order chi connectivity index (χ0) is 24.4. The van der Waals surface area contributed by atoms with Crippen LogP contribution in [0, 0.1) is 11.8 Å². The molecule has 0 saturated heterocycles. The first-order valence-corrected chi connectivity index (χ1v) is 12.1. The van der Waals surface area contributed by atoms with Gasteiger partial charge in [0.05, 0.1) is 19.3 Å². The van der Waals surface area contributed by atoms with Gasteiger partial charge in [0.15, 0.2) is 5.78 Å². The zero-order valence-corrected chi connectivity index (χ0v) is 20.3. The number of benzene rings is 1. The van der Waals surface area contributed by atoms with E-state index in [1.165, 1.54) is 7.11 Å². The molecule has 182 valence electrons. The summed E-state index contributed by atoms with van der Waals surface area (Å²) in [6, 6.07) is 7.44. The second kappa shape index (κ2) is 10.0. The molecule has 0 aromatic heterocycles. The van der Waals surface area contributed by atoms with Crippen LogP contribution >= 0.6 is 0 Å². The molecule has 0 radical (unpaired) electrons. The van der Waals surface area contributed by atoms with Gasteiger partial charge in [-0.25, -0.2) is 4.79 Å². The number of hydrogen-bond donors (Lipinski definition) is 1.